The van der Waals surface area contributed by atoms with E-state index in [1.807, 2.05) is 12.3 Å². The normalized spacial score (nSPS) is 22.1. The third-order valence-electron chi connectivity index (χ3n) is 3.21. The van der Waals surface area contributed by atoms with Gasteiger partial charge >= 0.3 is 0 Å². The lowest BCUT2D eigenvalue weighted by atomic mass is 10.2. The van der Waals surface area contributed by atoms with Gasteiger partial charge < -0.3 is 10.1 Å². The number of nitrogens with zero attached hydrogens (tertiary/aromatic N) is 2. The molecule has 94 valence electrons. The number of methoxy groups -OCH3 is 1. The number of aromatic nitrogens is 1. The molecule has 1 aliphatic heterocycles. The molecule has 0 saturated carbocycles. The first-order chi connectivity index (χ1) is 8.28. The van der Waals surface area contributed by atoms with Crippen molar-refractivity contribution in [2.45, 2.75) is 25.9 Å². The number of rotatable bonds is 3. The molecule has 2 rings (SSSR count). The van der Waals surface area contributed by atoms with Crippen molar-refractivity contribution in [3.8, 4) is 5.88 Å². The fraction of sp³-hybridized carbons (Fsp3) is 0.615. The average Bonchev–Trinajstić information content (AvgIpc) is 2.56. The minimum atomic E-state index is 0.633. The standard InChI is InChI=1S/C13H21N3O/c1-11-5-7-16(8-6-14-11)10-12-3-4-13(17-2)15-9-12/h3-4,9,11,14H,5-8,10H2,1-2H3. The van der Waals surface area contributed by atoms with Gasteiger partial charge in [-0.05, 0) is 18.9 Å². The van der Waals surface area contributed by atoms with E-state index in [0.717, 1.165) is 26.2 Å². The van der Waals surface area contributed by atoms with Gasteiger partial charge in [-0.1, -0.05) is 6.07 Å². The van der Waals surface area contributed by atoms with Gasteiger partial charge in [0.05, 0.1) is 7.11 Å². The fourth-order valence-corrected chi connectivity index (χ4v) is 2.10. The Hall–Kier alpha value is -1.13. The Kier molecular flexibility index (Phi) is 4.34. The van der Waals surface area contributed by atoms with Crippen LogP contribution in [0.1, 0.15) is 18.9 Å². The summed E-state index contributed by atoms with van der Waals surface area (Å²) in [5, 5.41) is 3.50. The summed E-state index contributed by atoms with van der Waals surface area (Å²) in [5.74, 6) is 0.680. The molecule has 0 aliphatic carbocycles. The van der Waals surface area contributed by atoms with Gasteiger partial charge in [-0.2, -0.15) is 0 Å². The molecule has 1 N–H and O–H groups in total. The molecule has 0 amide bonds. The zero-order valence-electron chi connectivity index (χ0n) is 10.6. The number of hydrogen-bond acceptors (Lipinski definition) is 4. The summed E-state index contributed by atoms with van der Waals surface area (Å²) in [4.78, 5) is 6.71. The molecule has 0 radical (unpaired) electrons. The van der Waals surface area contributed by atoms with Crippen LogP contribution in [-0.2, 0) is 6.54 Å². The number of nitrogens with one attached hydrogen (secondary N) is 1. The Morgan fingerprint density at radius 1 is 1.47 bits per heavy atom. The van der Waals surface area contributed by atoms with Crippen molar-refractivity contribution >= 4 is 0 Å². The van der Waals surface area contributed by atoms with Gasteiger partial charge in [0.15, 0.2) is 0 Å². The predicted molar refractivity (Wildman–Crippen MR) is 68.1 cm³/mol. The highest BCUT2D eigenvalue weighted by Gasteiger charge is 2.13. The third-order valence-corrected chi connectivity index (χ3v) is 3.21. The number of pyridine rings is 1. The molecule has 1 aliphatic rings. The second-order valence-corrected chi connectivity index (χ2v) is 4.63. The Balaban J connectivity index is 1.90. The highest BCUT2D eigenvalue weighted by Crippen LogP contribution is 2.10. The van der Waals surface area contributed by atoms with E-state index in [1.54, 1.807) is 7.11 Å². The summed E-state index contributed by atoms with van der Waals surface area (Å²) in [6.07, 6.45) is 3.12. The second kappa shape index (κ2) is 5.98. The lowest BCUT2D eigenvalue weighted by molar-refractivity contribution is 0.282. The molecule has 1 aromatic heterocycles. The molecule has 17 heavy (non-hydrogen) atoms. The maximum atomic E-state index is 5.06. The van der Waals surface area contributed by atoms with E-state index in [0.29, 0.717) is 11.9 Å². The molecule has 1 saturated heterocycles. The van der Waals surface area contributed by atoms with Crippen molar-refractivity contribution in [2.24, 2.45) is 0 Å². The second-order valence-electron chi connectivity index (χ2n) is 4.63. The van der Waals surface area contributed by atoms with Gasteiger partial charge in [-0.3, -0.25) is 4.90 Å². The maximum absolute atomic E-state index is 5.06. The third kappa shape index (κ3) is 3.68. The van der Waals surface area contributed by atoms with Crippen LogP contribution in [0.25, 0.3) is 0 Å². The quantitative estimate of drug-likeness (QED) is 0.856. The van der Waals surface area contributed by atoms with Crippen LogP contribution in [0.15, 0.2) is 18.3 Å². The van der Waals surface area contributed by atoms with Crippen LogP contribution in [0, 0.1) is 0 Å². The minimum absolute atomic E-state index is 0.633. The minimum Gasteiger partial charge on any atom is -0.481 e. The summed E-state index contributed by atoms with van der Waals surface area (Å²) in [6.45, 7) is 6.56. The van der Waals surface area contributed by atoms with Crippen LogP contribution in [0.4, 0.5) is 0 Å². The first-order valence-electron chi connectivity index (χ1n) is 6.22. The van der Waals surface area contributed by atoms with E-state index in [9.17, 15) is 0 Å². The maximum Gasteiger partial charge on any atom is 0.212 e. The molecule has 0 spiro atoms. The lowest BCUT2D eigenvalue weighted by Crippen LogP contribution is -2.28. The highest BCUT2D eigenvalue weighted by molar-refractivity contribution is 5.17. The van der Waals surface area contributed by atoms with Crippen molar-refractivity contribution < 1.29 is 4.74 Å². The van der Waals surface area contributed by atoms with Crippen molar-refractivity contribution in [1.29, 1.82) is 0 Å². The van der Waals surface area contributed by atoms with Crippen LogP contribution in [0.2, 0.25) is 0 Å². The molecule has 4 nitrogen and oxygen atoms in total. The summed E-state index contributed by atoms with van der Waals surface area (Å²) in [7, 11) is 1.64. The number of ether oxygens (including phenoxy) is 1. The van der Waals surface area contributed by atoms with Crippen LogP contribution < -0.4 is 10.1 Å². The van der Waals surface area contributed by atoms with Gasteiger partial charge in [0.25, 0.3) is 0 Å². The summed E-state index contributed by atoms with van der Waals surface area (Å²) in [6, 6.07) is 4.65. The summed E-state index contributed by atoms with van der Waals surface area (Å²) < 4.78 is 5.06. The van der Waals surface area contributed by atoms with E-state index in [1.165, 1.54) is 12.0 Å². The summed E-state index contributed by atoms with van der Waals surface area (Å²) >= 11 is 0. The molecule has 2 heterocycles. The lowest BCUT2D eigenvalue weighted by Gasteiger charge is -2.19. The molecular formula is C13H21N3O. The Bertz CT molecular complexity index is 339. The monoisotopic (exact) mass is 235 g/mol. The zero-order valence-corrected chi connectivity index (χ0v) is 10.6. The van der Waals surface area contributed by atoms with Crippen molar-refractivity contribution in [2.75, 3.05) is 26.7 Å². The molecule has 1 fully saturated rings. The Morgan fingerprint density at radius 3 is 3.06 bits per heavy atom. The molecule has 1 unspecified atom stereocenters. The van der Waals surface area contributed by atoms with Gasteiger partial charge in [0.2, 0.25) is 5.88 Å². The van der Waals surface area contributed by atoms with Crippen molar-refractivity contribution in [1.82, 2.24) is 15.2 Å². The summed E-state index contributed by atoms with van der Waals surface area (Å²) in [5.41, 5.74) is 1.25. The SMILES string of the molecule is COc1ccc(CN2CCNC(C)CC2)cn1. The van der Waals surface area contributed by atoms with E-state index in [-0.39, 0.29) is 0 Å². The van der Waals surface area contributed by atoms with E-state index >= 15 is 0 Å². The van der Waals surface area contributed by atoms with Gasteiger partial charge in [0, 0.05) is 44.5 Å². The first kappa shape index (κ1) is 12.3. The van der Waals surface area contributed by atoms with Crippen molar-refractivity contribution in [3.63, 3.8) is 0 Å². The Morgan fingerprint density at radius 2 is 2.35 bits per heavy atom. The zero-order chi connectivity index (χ0) is 12.1. The number of hydrogen-bond donors (Lipinski definition) is 1. The van der Waals surface area contributed by atoms with Crippen LogP contribution in [0.5, 0.6) is 5.88 Å². The average molecular weight is 235 g/mol. The first-order valence-corrected chi connectivity index (χ1v) is 6.22. The Labute approximate surface area is 103 Å². The molecule has 1 atom stereocenters. The molecule has 0 bridgehead atoms. The van der Waals surface area contributed by atoms with E-state index in [2.05, 4.69) is 28.2 Å². The molecule has 4 heteroatoms. The smallest absolute Gasteiger partial charge is 0.212 e. The highest BCUT2D eigenvalue weighted by atomic mass is 16.5. The van der Waals surface area contributed by atoms with Crippen LogP contribution in [-0.4, -0.2) is 42.7 Å². The van der Waals surface area contributed by atoms with Crippen LogP contribution in [0.3, 0.4) is 0 Å². The predicted octanol–water partition coefficient (Wildman–Crippen LogP) is 1.27. The van der Waals surface area contributed by atoms with Gasteiger partial charge in [-0.15, -0.1) is 0 Å². The van der Waals surface area contributed by atoms with E-state index < -0.39 is 0 Å². The van der Waals surface area contributed by atoms with Crippen LogP contribution >= 0.6 is 0 Å². The fourth-order valence-electron chi connectivity index (χ4n) is 2.10. The van der Waals surface area contributed by atoms with Crippen molar-refractivity contribution in [3.05, 3.63) is 23.9 Å². The van der Waals surface area contributed by atoms with Gasteiger partial charge in [0.1, 0.15) is 0 Å². The molecule has 1 aromatic rings. The largest absolute Gasteiger partial charge is 0.481 e. The topological polar surface area (TPSA) is 37.4 Å². The van der Waals surface area contributed by atoms with E-state index in [4.69, 9.17) is 4.74 Å². The van der Waals surface area contributed by atoms with Gasteiger partial charge in [-0.25, -0.2) is 4.98 Å². The molecular weight excluding hydrogens is 214 g/mol. The molecule has 0 aromatic carbocycles.